The zero-order valence-corrected chi connectivity index (χ0v) is 13.9. The van der Waals surface area contributed by atoms with Crippen molar-refractivity contribution in [2.24, 2.45) is 5.73 Å². The van der Waals surface area contributed by atoms with Gasteiger partial charge in [-0.1, -0.05) is 12.1 Å². The van der Waals surface area contributed by atoms with Crippen LogP contribution in [-0.4, -0.2) is 34.9 Å². The Kier molecular flexibility index (Phi) is 4.78. The van der Waals surface area contributed by atoms with Crippen molar-refractivity contribution in [1.82, 2.24) is 15.3 Å². The molecule has 1 saturated carbocycles. The zero-order valence-electron chi connectivity index (χ0n) is 13.9. The first-order valence-electron chi connectivity index (χ1n) is 8.10. The number of para-hydroxylation sites is 1. The van der Waals surface area contributed by atoms with Crippen LogP contribution in [0.1, 0.15) is 40.0 Å². The fourth-order valence-electron chi connectivity index (χ4n) is 2.52. The molecule has 2 amide bonds. The van der Waals surface area contributed by atoms with Gasteiger partial charge in [0.2, 0.25) is 5.95 Å². The molecule has 8 heteroatoms. The van der Waals surface area contributed by atoms with Gasteiger partial charge in [0, 0.05) is 19.3 Å². The first kappa shape index (κ1) is 16.7. The van der Waals surface area contributed by atoms with E-state index in [0.717, 1.165) is 12.8 Å². The summed E-state index contributed by atoms with van der Waals surface area (Å²) in [5.41, 5.74) is 6.49. The predicted molar refractivity (Wildman–Crippen MR) is 94.9 cm³/mol. The Morgan fingerprint density at radius 3 is 2.60 bits per heavy atom. The maximum absolute atomic E-state index is 12.1. The highest BCUT2D eigenvalue weighted by molar-refractivity contribution is 6.02. The summed E-state index contributed by atoms with van der Waals surface area (Å²) < 4.78 is 0. The summed E-state index contributed by atoms with van der Waals surface area (Å²) in [7, 11) is 1.53. The minimum absolute atomic E-state index is 0.279. The summed E-state index contributed by atoms with van der Waals surface area (Å²) in [5.74, 6) is -0.137. The molecule has 1 aliphatic rings. The fourth-order valence-corrected chi connectivity index (χ4v) is 2.52. The number of anilines is 3. The molecule has 0 saturated heterocycles. The second-order valence-electron chi connectivity index (χ2n) is 5.84. The lowest BCUT2D eigenvalue weighted by molar-refractivity contribution is 0.0962. The molecule has 1 aromatic heterocycles. The first-order chi connectivity index (χ1) is 12.1. The molecule has 5 N–H and O–H groups in total. The normalized spacial score (nSPS) is 13.6. The van der Waals surface area contributed by atoms with E-state index in [0.29, 0.717) is 29.1 Å². The Hall–Kier alpha value is -3.16. The SMILES string of the molecule is CNC(=O)c1cnc(NC2CCC2)nc1Nc1ccccc1C(N)=O. The van der Waals surface area contributed by atoms with Crippen molar-refractivity contribution in [3.8, 4) is 0 Å². The minimum atomic E-state index is -0.563. The molecule has 2 aromatic rings. The molecule has 1 aromatic carbocycles. The third kappa shape index (κ3) is 3.68. The van der Waals surface area contributed by atoms with Gasteiger partial charge < -0.3 is 21.7 Å². The van der Waals surface area contributed by atoms with Crippen molar-refractivity contribution >= 4 is 29.3 Å². The van der Waals surface area contributed by atoms with Crippen LogP contribution >= 0.6 is 0 Å². The number of nitrogens with one attached hydrogen (secondary N) is 3. The van der Waals surface area contributed by atoms with Crippen LogP contribution in [0.3, 0.4) is 0 Å². The number of hydrogen-bond donors (Lipinski definition) is 4. The highest BCUT2D eigenvalue weighted by Crippen LogP contribution is 2.25. The summed E-state index contributed by atoms with van der Waals surface area (Å²) in [5, 5.41) is 8.83. The van der Waals surface area contributed by atoms with Crippen LogP contribution in [0.5, 0.6) is 0 Å². The Morgan fingerprint density at radius 2 is 1.96 bits per heavy atom. The molecular formula is C17H20N6O2. The van der Waals surface area contributed by atoms with Gasteiger partial charge in [0.05, 0.1) is 11.3 Å². The van der Waals surface area contributed by atoms with E-state index in [1.807, 2.05) is 0 Å². The highest BCUT2D eigenvalue weighted by atomic mass is 16.2. The zero-order chi connectivity index (χ0) is 17.8. The smallest absolute Gasteiger partial charge is 0.256 e. The van der Waals surface area contributed by atoms with E-state index in [1.54, 1.807) is 24.3 Å². The maximum atomic E-state index is 12.1. The highest BCUT2D eigenvalue weighted by Gasteiger charge is 2.20. The fraction of sp³-hybridized carbons (Fsp3) is 0.294. The third-order valence-corrected chi connectivity index (χ3v) is 4.14. The number of carbonyl (C=O) groups excluding carboxylic acids is 2. The number of amides is 2. The molecule has 1 fully saturated rings. The summed E-state index contributed by atoms with van der Waals surface area (Å²) >= 11 is 0. The molecule has 1 aliphatic carbocycles. The first-order valence-corrected chi connectivity index (χ1v) is 8.10. The van der Waals surface area contributed by atoms with Crippen LogP contribution in [0.4, 0.5) is 17.5 Å². The van der Waals surface area contributed by atoms with Gasteiger partial charge in [0.1, 0.15) is 11.4 Å². The van der Waals surface area contributed by atoms with E-state index in [9.17, 15) is 9.59 Å². The van der Waals surface area contributed by atoms with Gasteiger partial charge in [0.25, 0.3) is 11.8 Å². The van der Waals surface area contributed by atoms with Crippen molar-refractivity contribution in [2.45, 2.75) is 25.3 Å². The van der Waals surface area contributed by atoms with Gasteiger partial charge in [-0.2, -0.15) is 4.98 Å². The van der Waals surface area contributed by atoms with E-state index < -0.39 is 5.91 Å². The Labute approximate surface area is 145 Å². The Morgan fingerprint density at radius 1 is 1.20 bits per heavy atom. The molecule has 0 unspecified atom stereocenters. The van der Waals surface area contributed by atoms with Crippen molar-refractivity contribution < 1.29 is 9.59 Å². The van der Waals surface area contributed by atoms with E-state index in [-0.39, 0.29) is 11.5 Å². The van der Waals surface area contributed by atoms with Crippen LogP contribution in [-0.2, 0) is 0 Å². The second kappa shape index (κ2) is 7.16. The molecule has 25 heavy (non-hydrogen) atoms. The van der Waals surface area contributed by atoms with E-state index >= 15 is 0 Å². The molecule has 130 valence electrons. The van der Waals surface area contributed by atoms with E-state index in [2.05, 4.69) is 25.9 Å². The topological polar surface area (TPSA) is 122 Å². The summed E-state index contributed by atoms with van der Waals surface area (Å²) in [4.78, 5) is 32.3. The third-order valence-electron chi connectivity index (χ3n) is 4.14. The number of nitrogens with two attached hydrogens (primary N) is 1. The van der Waals surface area contributed by atoms with Gasteiger partial charge in [-0.3, -0.25) is 9.59 Å². The van der Waals surface area contributed by atoms with Gasteiger partial charge in [0.15, 0.2) is 0 Å². The molecule has 1 heterocycles. The average Bonchev–Trinajstić information content (AvgIpc) is 2.58. The van der Waals surface area contributed by atoms with Crippen molar-refractivity contribution in [3.63, 3.8) is 0 Å². The van der Waals surface area contributed by atoms with Crippen molar-refractivity contribution in [1.29, 1.82) is 0 Å². The van der Waals surface area contributed by atoms with Gasteiger partial charge >= 0.3 is 0 Å². The molecule has 0 bridgehead atoms. The summed E-state index contributed by atoms with van der Waals surface area (Å²) in [6.07, 6.45) is 4.80. The van der Waals surface area contributed by atoms with E-state index in [1.165, 1.54) is 19.7 Å². The van der Waals surface area contributed by atoms with Crippen LogP contribution in [0.25, 0.3) is 0 Å². The number of nitrogens with zero attached hydrogens (tertiary/aromatic N) is 2. The Bertz CT molecular complexity index is 803. The van der Waals surface area contributed by atoms with Crippen LogP contribution < -0.4 is 21.7 Å². The Balaban J connectivity index is 1.95. The molecule has 3 rings (SSSR count). The van der Waals surface area contributed by atoms with Crippen LogP contribution in [0.2, 0.25) is 0 Å². The summed E-state index contributed by atoms with van der Waals surface area (Å²) in [6, 6.07) is 7.15. The molecule has 0 spiro atoms. The lowest BCUT2D eigenvalue weighted by Gasteiger charge is -2.26. The van der Waals surface area contributed by atoms with Gasteiger partial charge in [-0.25, -0.2) is 4.98 Å². The average molecular weight is 340 g/mol. The van der Waals surface area contributed by atoms with Crippen molar-refractivity contribution in [3.05, 3.63) is 41.6 Å². The quantitative estimate of drug-likeness (QED) is 0.634. The second-order valence-corrected chi connectivity index (χ2v) is 5.84. The van der Waals surface area contributed by atoms with Crippen molar-refractivity contribution in [2.75, 3.05) is 17.7 Å². The largest absolute Gasteiger partial charge is 0.366 e. The molecule has 0 radical (unpaired) electrons. The van der Waals surface area contributed by atoms with Gasteiger partial charge in [-0.05, 0) is 31.4 Å². The number of carbonyl (C=O) groups is 2. The number of benzene rings is 1. The van der Waals surface area contributed by atoms with E-state index in [4.69, 9.17) is 5.73 Å². The standard InChI is InChI=1S/C17H20N6O2/c1-19-16(25)12-9-20-17(21-10-5-4-6-10)23-15(12)22-13-8-3-2-7-11(13)14(18)24/h2-3,7-10H,4-6H2,1H3,(H2,18,24)(H,19,25)(H2,20,21,22,23). The summed E-state index contributed by atoms with van der Waals surface area (Å²) in [6.45, 7) is 0. The lowest BCUT2D eigenvalue weighted by Crippen LogP contribution is -2.28. The number of primary amides is 1. The lowest BCUT2D eigenvalue weighted by atomic mass is 9.93. The van der Waals surface area contributed by atoms with Gasteiger partial charge in [-0.15, -0.1) is 0 Å². The van der Waals surface area contributed by atoms with Crippen LogP contribution in [0, 0.1) is 0 Å². The number of hydrogen-bond acceptors (Lipinski definition) is 6. The predicted octanol–water partition coefficient (Wildman–Crippen LogP) is 1.64. The number of aromatic nitrogens is 2. The minimum Gasteiger partial charge on any atom is -0.366 e. The number of rotatable bonds is 6. The molecule has 0 atom stereocenters. The van der Waals surface area contributed by atoms with Crippen LogP contribution in [0.15, 0.2) is 30.5 Å². The molecule has 8 nitrogen and oxygen atoms in total. The molecular weight excluding hydrogens is 320 g/mol. The maximum Gasteiger partial charge on any atom is 0.256 e. The monoisotopic (exact) mass is 340 g/mol. The molecule has 0 aliphatic heterocycles.